The van der Waals surface area contributed by atoms with E-state index in [1.54, 1.807) is 0 Å². The van der Waals surface area contributed by atoms with Crippen molar-refractivity contribution in [1.82, 2.24) is 0 Å². The van der Waals surface area contributed by atoms with Gasteiger partial charge in [0.15, 0.2) is 17.4 Å². The van der Waals surface area contributed by atoms with E-state index in [-0.39, 0.29) is 89.3 Å². The Bertz CT molecular complexity index is 37.9. The van der Waals surface area contributed by atoms with Crippen LogP contribution in [0.5, 0.6) is 0 Å². The molecule has 3 nitrogen and oxygen atoms in total. The Kier molecular flexibility index (Phi) is 51.2. The topological polar surface area (TPSA) is 57.5 Å². The fourth-order valence-corrected chi connectivity index (χ4v) is 0. The van der Waals surface area contributed by atoms with Gasteiger partial charge in [-0.05, 0) is 0 Å². The smallest absolute Gasteiger partial charge is 0.316 e. The fourth-order valence-electron chi connectivity index (χ4n) is 0. The van der Waals surface area contributed by atoms with Crippen molar-refractivity contribution in [3.8, 4) is 0 Å². The molecule has 0 fully saturated rings. The molecule has 0 aliphatic rings. The van der Waals surface area contributed by atoms with E-state index < -0.39 is 9.17 Å². The van der Waals surface area contributed by atoms with E-state index in [9.17, 15) is 0 Å². The van der Waals surface area contributed by atoms with Crippen LogP contribution in [0.3, 0.4) is 0 Å². The van der Waals surface area contributed by atoms with Gasteiger partial charge in [-0.15, -0.1) is 0 Å². The van der Waals surface area contributed by atoms with E-state index in [2.05, 4.69) is 0 Å². The standard InChI is InChI=1S/Al.Ba.Mg.H2O3Si.7H/c;;;1-4(2)3;;;;;;;/h;;;1-2H;;;;;;;. The van der Waals surface area contributed by atoms with Crippen LogP contribution in [0.15, 0.2) is 0 Å². The van der Waals surface area contributed by atoms with E-state index in [0.717, 1.165) is 0 Å². The summed E-state index contributed by atoms with van der Waals surface area (Å²) in [6.45, 7) is 0. The molecule has 0 saturated carbocycles. The summed E-state index contributed by atoms with van der Waals surface area (Å²) in [5.74, 6) is 0. The van der Waals surface area contributed by atoms with E-state index >= 15 is 0 Å². The van der Waals surface area contributed by atoms with Crippen molar-refractivity contribution in [2.24, 2.45) is 0 Å². The molecule has 38 valence electrons. The van der Waals surface area contributed by atoms with E-state index in [1.807, 2.05) is 0 Å². The van der Waals surface area contributed by atoms with Gasteiger partial charge < -0.3 is 9.59 Å². The molecule has 0 heterocycles. The summed E-state index contributed by atoms with van der Waals surface area (Å²) in [5, 5.41) is 0. The van der Waals surface area contributed by atoms with Gasteiger partial charge in [0.05, 0.1) is 0 Å². The van der Waals surface area contributed by atoms with Crippen LogP contribution < -0.4 is 0 Å². The van der Waals surface area contributed by atoms with E-state index in [0.29, 0.717) is 0 Å². The number of hydrogen-bond acceptors (Lipinski definition) is 1. The molecule has 0 unspecified atom stereocenters. The van der Waals surface area contributed by atoms with Crippen LogP contribution in [0.4, 0.5) is 0 Å². The summed E-state index contributed by atoms with van der Waals surface area (Å²) in [4.78, 5) is 14.3. The Morgan fingerprint density at radius 3 is 1.29 bits per heavy atom. The summed E-state index contributed by atoms with van der Waals surface area (Å²) in [7, 11) is -3.13. The zero-order valence-electron chi connectivity index (χ0n) is 1.80. The third-order valence-electron chi connectivity index (χ3n) is 0. The molecule has 2 N–H and O–H groups in total. The summed E-state index contributed by atoms with van der Waals surface area (Å²) in [6, 6.07) is 0. The molecule has 0 rings (SSSR count). The molecule has 0 aromatic heterocycles. The predicted molar refractivity (Wildman–Crippen MR) is 37.9 cm³/mol. The van der Waals surface area contributed by atoms with Crippen molar-refractivity contribution in [2.75, 3.05) is 0 Å². The van der Waals surface area contributed by atoms with Gasteiger partial charge in [-0.25, -0.2) is 0 Å². The number of rotatable bonds is 0. The molecule has 7 heteroatoms. The van der Waals surface area contributed by atoms with Gasteiger partial charge in [-0.3, -0.25) is 4.46 Å². The minimum atomic E-state index is -3.13. The second-order valence-corrected chi connectivity index (χ2v) is 0.848. The van der Waals surface area contributed by atoms with Gasteiger partial charge >= 0.3 is 81.1 Å². The zero-order chi connectivity index (χ0) is 3.58. The minimum Gasteiger partial charge on any atom is 0.316 e. The maximum atomic E-state index is 8.74. The molecular formula is H9AlBaMgO3Si. The molecule has 7 heavy (non-hydrogen) atoms. The molecule has 0 aliphatic heterocycles. The Morgan fingerprint density at radius 2 is 1.29 bits per heavy atom. The Balaban J connectivity index is -0.0000000150. The van der Waals surface area contributed by atoms with Gasteiger partial charge in [-0.1, -0.05) is 0 Å². The summed E-state index contributed by atoms with van der Waals surface area (Å²) in [5.41, 5.74) is 0. The molecule has 0 radical (unpaired) electrons. The third kappa shape index (κ3) is 57.7. The van der Waals surface area contributed by atoms with Gasteiger partial charge in [0, 0.05) is 0 Å². The molecule has 0 atom stereocenters. The molecule has 0 spiro atoms. The van der Waals surface area contributed by atoms with E-state index in [1.165, 1.54) is 0 Å². The largest absolute Gasteiger partial charge is 0.316 e. The average molecular weight is 274 g/mol. The quantitative estimate of drug-likeness (QED) is 0.437. The van der Waals surface area contributed by atoms with Crippen LogP contribution in [-0.2, 0) is 4.46 Å². The van der Waals surface area contributed by atoms with E-state index in [4.69, 9.17) is 14.1 Å². The third-order valence-corrected chi connectivity index (χ3v) is 0. The molecule has 0 aliphatic carbocycles. The first kappa shape index (κ1) is 22.7. The normalized spacial score (nSPS) is 3.43. The fraction of sp³-hybridized carbons (Fsp3) is 0. The second-order valence-electron chi connectivity index (χ2n) is 0.283. The van der Waals surface area contributed by atoms with Crippen LogP contribution in [0, 0.1) is 0 Å². The van der Waals surface area contributed by atoms with Crippen molar-refractivity contribution in [1.29, 1.82) is 0 Å². The summed E-state index contributed by atoms with van der Waals surface area (Å²) in [6.07, 6.45) is 0. The van der Waals surface area contributed by atoms with Crippen molar-refractivity contribution in [3.05, 3.63) is 0 Å². The molecular weight excluding hydrogens is 265 g/mol. The van der Waals surface area contributed by atoms with Crippen molar-refractivity contribution in [3.63, 3.8) is 0 Å². The monoisotopic (exact) mass is 274 g/mol. The second kappa shape index (κ2) is 15.8. The van der Waals surface area contributed by atoms with Crippen LogP contribution >= 0.6 is 0 Å². The average Bonchev–Trinajstić information content (AvgIpc) is 0.811. The van der Waals surface area contributed by atoms with Crippen molar-refractivity contribution >= 4 is 98.5 Å². The predicted octanol–water partition coefficient (Wildman–Crippen LogP) is -4.63. The molecule has 0 amide bonds. The maximum absolute atomic E-state index is 8.74. The van der Waals surface area contributed by atoms with Crippen LogP contribution in [-0.4, -0.2) is 108 Å². The molecule has 0 saturated heterocycles. The van der Waals surface area contributed by atoms with Gasteiger partial charge in [-0.2, -0.15) is 0 Å². The van der Waals surface area contributed by atoms with Gasteiger partial charge in [0.25, 0.3) is 0 Å². The van der Waals surface area contributed by atoms with Crippen molar-refractivity contribution in [2.45, 2.75) is 0 Å². The molecule has 0 bridgehead atoms. The van der Waals surface area contributed by atoms with Crippen LogP contribution in [0.2, 0.25) is 0 Å². The Labute approximate surface area is 110 Å². The summed E-state index contributed by atoms with van der Waals surface area (Å²) >= 11 is 0. The first-order chi connectivity index (χ1) is 1.73. The van der Waals surface area contributed by atoms with Crippen molar-refractivity contribution < 1.29 is 14.1 Å². The van der Waals surface area contributed by atoms with Crippen LogP contribution in [0.25, 0.3) is 0 Å². The minimum absolute atomic E-state index is 0. The van der Waals surface area contributed by atoms with Gasteiger partial charge in [0.1, 0.15) is 0 Å². The first-order valence-corrected chi connectivity index (χ1v) is 1.95. The first-order valence-electron chi connectivity index (χ1n) is 0.651. The summed E-state index contributed by atoms with van der Waals surface area (Å²) < 4.78 is 8.74. The van der Waals surface area contributed by atoms with Crippen LogP contribution in [0.1, 0.15) is 0 Å². The SMILES string of the molecule is O=[Si](O)O.[AlH3].[BaH2].[MgH2]. The molecule has 0 aromatic carbocycles. The zero-order valence-corrected chi connectivity index (χ0v) is 2.80. The Hall–Kier alpha value is 2.49. The Morgan fingerprint density at radius 1 is 1.29 bits per heavy atom. The molecule has 0 aromatic rings. The van der Waals surface area contributed by atoms with Gasteiger partial charge in [0.2, 0.25) is 0 Å². The number of hydrogen-bond donors (Lipinski definition) is 2. The maximum Gasteiger partial charge on any atom is 0.316 e.